The van der Waals surface area contributed by atoms with Crippen LogP contribution in [0.4, 0.5) is 0 Å². The van der Waals surface area contributed by atoms with Crippen LogP contribution in [0, 0.1) is 0 Å². The molecule has 2 heterocycles. The second kappa shape index (κ2) is 11.3. The largest absolute Gasteiger partial charge is 0.497 e. The van der Waals surface area contributed by atoms with Gasteiger partial charge < -0.3 is 24.1 Å². The molecule has 182 valence electrons. The molecule has 0 radical (unpaired) electrons. The average molecular weight is 478 g/mol. The first-order valence-electron chi connectivity index (χ1n) is 11.1. The van der Waals surface area contributed by atoms with Gasteiger partial charge in [0.25, 0.3) is 5.91 Å². The Kier molecular flexibility index (Phi) is 7.74. The highest BCUT2D eigenvalue weighted by Crippen LogP contribution is 2.26. The first-order chi connectivity index (χ1) is 17.1. The van der Waals surface area contributed by atoms with E-state index >= 15 is 0 Å². The molecule has 1 atom stereocenters. The summed E-state index contributed by atoms with van der Waals surface area (Å²) in [6, 6.07) is 17.1. The third-order valence-corrected chi connectivity index (χ3v) is 5.49. The molecule has 0 saturated carbocycles. The summed E-state index contributed by atoms with van der Waals surface area (Å²) in [5.41, 5.74) is 2.20. The van der Waals surface area contributed by atoms with Gasteiger partial charge in [0.2, 0.25) is 5.91 Å². The maximum atomic E-state index is 13.7. The zero-order valence-electron chi connectivity index (χ0n) is 19.6. The Morgan fingerprint density at radius 2 is 1.97 bits per heavy atom. The maximum Gasteiger partial charge on any atom is 0.250 e. The predicted molar refractivity (Wildman–Crippen MR) is 127 cm³/mol. The lowest BCUT2D eigenvalue weighted by atomic mass is 10.1. The highest BCUT2D eigenvalue weighted by molar-refractivity contribution is 5.88. The number of rotatable bonds is 11. The molecule has 4 rings (SSSR count). The molecule has 0 aliphatic carbocycles. The smallest absolute Gasteiger partial charge is 0.250 e. The summed E-state index contributed by atoms with van der Waals surface area (Å²) in [7, 11) is 3.13. The number of aromatic nitrogens is 3. The van der Waals surface area contributed by atoms with Crippen LogP contribution in [0.15, 0.2) is 71.3 Å². The fourth-order valence-electron chi connectivity index (χ4n) is 3.79. The first-order valence-corrected chi connectivity index (χ1v) is 11.1. The number of fused-ring (bicyclic) bond motifs is 1. The average Bonchev–Trinajstić information content (AvgIpc) is 3.55. The number of para-hydroxylation sites is 1. The normalized spacial score (nSPS) is 11.8. The van der Waals surface area contributed by atoms with Crippen molar-refractivity contribution in [3.05, 3.63) is 78.3 Å². The monoisotopic (exact) mass is 477 g/mol. The molecule has 2 amide bonds. The van der Waals surface area contributed by atoms with Crippen molar-refractivity contribution in [2.75, 3.05) is 27.4 Å². The minimum Gasteiger partial charge on any atom is -0.497 e. The van der Waals surface area contributed by atoms with Gasteiger partial charge >= 0.3 is 0 Å². The van der Waals surface area contributed by atoms with Crippen molar-refractivity contribution in [3.63, 3.8) is 0 Å². The van der Waals surface area contributed by atoms with E-state index in [2.05, 4.69) is 15.6 Å². The summed E-state index contributed by atoms with van der Waals surface area (Å²) < 4.78 is 17.5. The number of amides is 2. The van der Waals surface area contributed by atoms with Crippen molar-refractivity contribution in [2.45, 2.75) is 19.1 Å². The van der Waals surface area contributed by atoms with Gasteiger partial charge in [-0.1, -0.05) is 29.5 Å². The highest BCUT2D eigenvalue weighted by Gasteiger charge is 2.34. The van der Waals surface area contributed by atoms with Crippen LogP contribution in [0.5, 0.6) is 5.75 Å². The minimum atomic E-state index is -1.00. The van der Waals surface area contributed by atoms with Crippen LogP contribution >= 0.6 is 0 Å². The lowest BCUT2D eigenvalue weighted by molar-refractivity contribution is -0.143. The van der Waals surface area contributed by atoms with Crippen molar-refractivity contribution < 1.29 is 23.5 Å². The number of ether oxygens (including phenoxy) is 2. The van der Waals surface area contributed by atoms with Gasteiger partial charge in [0.1, 0.15) is 23.6 Å². The quantitative estimate of drug-likeness (QED) is 0.331. The van der Waals surface area contributed by atoms with E-state index in [1.54, 1.807) is 26.4 Å². The van der Waals surface area contributed by atoms with Crippen LogP contribution in [0.1, 0.15) is 17.4 Å². The molecule has 0 bridgehead atoms. The van der Waals surface area contributed by atoms with Crippen LogP contribution in [-0.4, -0.2) is 59.1 Å². The van der Waals surface area contributed by atoms with Crippen LogP contribution in [0.3, 0.4) is 0 Å². The van der Waals surface area contributed by atoms with E-state index in [4.69, 9.17) is 13.9 Å². The molecule has 0 aliphatic rings. The number of benzene rings is 2. The van der Waals surface area contributed by atoms with Crippen LogP contribution in [-0.2, 0) is 27.4 Å². The summed E-state index contributed by atoms with van der Waals surface area (Å²) >= 11 is 0. The molecular formula is C25H27N5O5. The summed E-state index contributed by atoms with van der Waals surface area (Å²) in [5, 5.41) is 11.1. The van der Waals surface area contributed by atoms with E-state index in [1.807, 2.05) is 48.5 Å². The number of hydrogen-bond donors (Lipinski definition) is 1. The van der Waals surface area contributed by atoms with Crippen molar-refractivity contribution in [1.29, 1.82) is 0 Å². The third-order valence-electron chi connectivity index (χ3n) is 5.49. The molecule has 0 aliphatic heterocycles. The topological polar surface area (TPSA) is 112 Å². The molecule has 35 heavy (non-hydrogen) atoms. The lowest BCUT2D eigenvalue weighted by Gasteiger charge is -2.30. The number of methoxy groups -OCH3 is 2. The number of carbonyl (C=O) groups excluding carboxylic acids is 2. The third kappa shape index (κ3) is 5.67. The van der Waals surface area contributed by atoms with Gasteiger partial charge in [0, 0.05) is 20.2 Å². The molecule has 2 aromatic heterocycles. The number of nitrogens with zero attached hydrogens (tertiary/aromatic N) is 4. The van der Waals surface area contributed by atoms with E-state index in [0.29, 0.717) is 30.2 Å². The Labute approximate surface area is 202 Å². The molecule has 0 saturated heterocycles. The fourth-order valence-corrected chi connectivity index (χ4v) is 3.79. The number of furan rings is 1. The molecule has 0 spiro atoms. The van der Waals surface area contributed by atoms with Gasteiger partial charge in [0.05, 0.1) is 25.5 Å². The second-order valence-corrected chi connectivity index (χ2v) is 7.81. The summed E-state index contributed by atoms with van der Waals surface area (Å²) in [6.45, 7) is 0.672. The molecule has 10 nitrogen and oxygen atoms in total. The van der Waals surface area contributed by atoms with Crippen molar-refractivity contribution in [3.8, 4) is 5.75 Å². The van der Waals surface area contributed by atoms with Gasteiger partial charge in [-0.25, -0.2) is 4.68 Å². The van der Waals surface area contributed by atoms with Crippen LogP contribution in [0.25, 0.3) is 11.0 Å². The SMILES string of the molecule is COCCNC(=O)[C@@H](c1ccco1)N(Cc1cccc(OC)c1)C(=O)Cn1nnc2ccccc21. The van der Waals surface area contributed by atoms with Gasteiger partial charge in [-0.15, -0.1) is 5.10 Å². The van der Waals surface area contributed by atoms with Gasteiger partial charge in [-0.05, 0) is 42.0 Å². The molecule has 10 heteroatoms. The lowest BCUT2D eigenvalue weighted by Crippen LogP contribution is -2.45. The number of hydrogen-bond acceptors (Lipinski definition) is 7. The number of carbonyl (C=O) groups is 2. The first kappa shape index (κ1) is 24.0. The molecule has 0 unspecified atom stereocenters. The summed E-state index contributed by atoms with van der Waals surface area (Å²) in [4.78, 5) is 28.5. The van der Waals surface area contributed by atoms with E-state index in [-0.39, 0.29) is 24.9 Å². The molecule has 0 fully saturated rings. The molecular weight excluding hydrogens is 450 g/mol. The standard InChI is InChI=1S/C25H27N5O5/c1-33-14-12-26-25(32)24(22-11-6-13-35-22)29(16-18-7-5-8-19(15-18)34-2)23(31)17-30-21-10-4-3-9-20(21)27-28-30/h3-11,13,15,24H,12,14,16-17H2,1-2H3,(H,26,32)/t24-/m1/s1. The van der Waals surface area contributed by atoms with Gasteiger partial charge in [-0.3, -0.25) is 9.59 Å². The summed E-state index contributed by atoms with van der Waals surface area (Å²) in [5.74, 6) is 0.291. The second-order valence-electron chi connectivity index (χ2n) is 7.81. The van der Waals surface area contributed by atoms with E-state index < -0.39 is 6.04 Å². The highest BCUT2D eigenvalue weighted by atomic mass is 16.5. The maximum absolute atomic E-state index is 13.7. The summed E-state index contributed by atoms with van der Waals surface area (Å²) in [6.07, 6.45) is 1.48. The zero-order valence-corrected chi connectivity index (χ0v) is 19.6. The Morgan fingerprint density at radius 3 is 2.74 bits per heavy atom. The van der Waals surface area contributed by atoms with Gasteiger partial charge in [0.15, 0.2) is 6.04 Å². The Hall–Kier alpha value is -4.18. The van der Waals surface area contributed by atoms with Crippen molar-refractivity contribution >= 4 is 22.8 Å². The molecule has 4 aromatic rings. The minimum absolute atomic E-state index is 0.104. The fraction of sp³-hybridized carbons (Fsp3) is 0.280. The van der Waals surface area contributed by atoms with Gasteiger partial charge in [-0.2, -0.15) is 0 Å². The zero-order chi connectivity index (χ0) is 24.6. The molecule has 1 N–H and O–H groups in total. The van der Waals surface area contributed by atoms with Crippen LogP contribution < -0.4 is 10.1 Å². The van der Waals surface area contributed by atoms with Crippen molar-refractivity contribution in [2.24, 2.45) is 0 Å². The van der Waals surface area contributed by atoms with Crippen LogP contribution in [0.2, 0.25) is 0 Å². The Balaban J connectivity index is 1.69. The van der Waals surface area contributed by atoms with E-state index in [1.165, 1.54) is 15.8 Å². The van der Waals surface area contributed by atoms with E-state index in [0.717, 1.165) is 11.1 Å². The number of nitrogens with one attached hydrogen (secondary N) is 1. The predicted octanol–water partition coefficient (Wildman–Crippen LogP) is 2.57. The molecule has 2 aromatic carbocycles. The Bertz CT molecular complexity index is 1270. The Morgan fingerprint density at radius 1 is 1.11 bits per heavy atom. The van der Waals surface area contributed by atoms with Crippen molar-refractivity contribution in [1.82, 2.24) is 25.2 Å². The van der Waals surface area contributed by atoms with E-state index in [9.17, 15) is 9.59 Å².